The van der Waals surface area contributed by atoms with Crippen LogP contribution in [0.3, 0.4) is 0 Å². The number of tetrazole rings is 1. The van der Waals surface area contributed by atoms with Crippen LogP contribution in [0.5, 0.6) is 5.75 Å². The van der Waals surface area contributed by atoms with Crippen LogP contribution in [0.15, 0.2) is 53.3 Å². The number of hydrogen-bond donors (Lipinski definition) is 1. The predicted octanol–water partition coefficient (Wildman–Crippen LogP) is 5.38. The van der Waals surface area contributed by atoms with E-state index in [1.807, 2.05) is 28.9 Å². The Morgan fingerprint density at radius 3 is 2.41 bits per heavy atom. The minimum absolute atomic E-state index is 0.0696. The molecule has 4 aromatic rings. The molecule has 8 heteroatoms. The van der Waals surface area contributed by atoms with Gasteiger partial charge in [0, 0.05) is 24.2 Å². The molecule has 0 unspecified atom stereocenters. The maximum absolute atomic E-state index is 13.2. The molecule has 37 heavy (non-hydrogen) atoms. The lowest BCUT2D eigenvalue weighted by Gasteiger charge is -2.33. The molecule has 1 atom stereocenters. The third-order valence-corrected chi connectivity index (χ3v) is 7.37. The summed E-state index contributed by atoms with van der Waals surface area (Å²) in [5.41, 5.74) is 3.65. The van der Waals surface area contributed by atoms with E-state index in [-0.39, 0.29) is 17.1 Å². The van der Waals surface area contributed by atoms with Gasteiger partial charge >= 0.3 is 0 Å². The Morgan fingerprint density at radius 1 is 1.03 bits per heavy atom. The molecule has 0 aliphatic rings. The van der Waals surface area contributed by atoms with Crippen LogP contribution < -0.4 is 10.3 Å². The van der Waals surface area contributed by atoms with E-state index < -0.39 is 0 Å². The second kappa shape index (κ2) is 11.3. The van der Waals surface area contributed by atoms with Gasteiger partial charge in [-0.15, -0.1) is 5.10 Å². The van der Waals surface area contributed by atoms with Crippen LogP contribution in [-0.2, 0) is 25.0 Å². The first-order chi connectivity index (χ1) is 17.8. The molecular weight excluding hydrogens is 464 g/mol. The van der Waals surface area contributed by atoms with Gasteiger partial charge in [-0.05, 0) is 90.4 Å². The molecule has 0 radical (unpaired) electrons. The number of methoxy groups -OCH3 is 1. The average molecular weight is 503 g/mol. The second-order valence-electron chi connectivity index (χ2n) is 10.2. The van der Waals surface area contributed by atoms with E-state index in [1.54, 1.807) is 7.11 Å². The summed E-state index contributed by atoms with van der Waals surface area (Å²) in [6, 6.07) is 16.2. The summed E-state index contributed by atoms with van der Waals surface area (Å²) >= 11 is 0. The normalized spacial score (nSPS) is 12.8. The summed E-state index contributed by atoms with van der Waals surface area (Å²) in [6.45, 7) is 11.8. The fourth-order valence-corrected chi connectivity index (χ4v) is 4.69. The zero-order chi connectivity index (χ0) is 26.6. The first-order valence-electron chi connectivity index (χ1n) is 13.1. The maximum atomic E-state index is 13.2. The topological polar surface area (TPSA) is 88.9 Å². The summed E-state index contributed by atoms with van der Waals surface area (Å²) in [4.78, 5) is 18.6. The van der Waals surface area contributed by atoms with E-state index in [0.29, 0.717) is 13.1 Å². The highest BCUT2D eigenvalue weighted by atomic mass is 16.5. The Morgan fingerprint density at radius 2 is 1.76 bits per heavy atom. The number of H-pyrrole nitrogens is 1. The van der Waals surface area contributed by atoms with Crippen LogP contribution in [0.2, 0.25) is 0 Å². The van der Waals surface area contributed by atoms with Gasteiger partial charge in [0.05, 0.1) is 18.7 Å². The fourth-order valence-electron chi connectivity index (χ4n) is 4.69. The van der Waals surface area contributed by atoms with E-state index >= 15 is 0 Å². The highest BCUT2D eigenvalue weighted by Crippen LogP contribution is 2.30. The van der Waals surface area contributed by atoms with Crippen LogP contribution >= 0.6 is 0 Å². The number of ether oxygens (including phenoxy) is 1. The molecule has 0 saturated carbocycles. The third-order valence-electron chi connectivity index (χ3n) is 7.37. The van der Waals surface area contributed by atoms with Crippen LogP contribution in [-0.4, -0.2) is 37.2 Å². The molecule has 0 amide bonds. The molecular formula is C29H38N6O2. The monoisotopic (exact) mass is 502 g/mol. The minimum atomic E-state index is -0.227. The Labute approximate surface area is 218 Å². The number of nitrogens with one attached hydrogen (secondary N) is 1. The summed E-state index contributed by atoms with van der Waals surface area (Å²) in [7, 11) is 1.67. The molecule has 196 valence electrons. The Hall–Kier alpha value is -3.52. The zero-order valence-electron chi connectivity index (χ0n) is 22.8. The van der Waals surface area contributed by atoms with Gasteiger partial charge in [0.15, 0.2) is 5.82 Å². The smallest absolute Gasteiger partial charge is 0.252 e. The molecule has 0 bridgehead atoms. The lowest BCUT2D eigenvalue weighted by molar-refractivity contribution is 0.150. The van der Waals surface area contributed by atoms with E-state index in [4.69, 9.17) is 4.74 Å². The van der Waals surface area contributed by atoms with Crippen molar-refractivity contribution >= 4 is 10.9 Å². The first kappa shape index (κ1) is 26.5. The highest BCUT2D eigenvalue weighted by Gasteiger charge is 2.31. The number of fused-ring (bicyclic) bond motifs is 1. The Bertz CT molecular complexity index is 1390. The third kappa shape index (κ3) is 5.74. The number of nitrogens with zero attached hydrogens (tertiary/aromatic N) is 5. The molecule has 4 rings (SSSR count). The van der Waals surface area contributed by atoms with Crippen molar-refractivity contribution in [3.05, 3.63) is 81.4 Å². The van der Waals surface area contributed by atoms with Gasteiger partial charge in [-0.25, -0.2) is 4.68 Å². The van der Waals surface area contributed by atoms with Crippen molar-refractivity contribution in [3.63, 3.8) is 0 Å². The van der Waals surface area contributed by atoms with Crippen LogP contribution in [0.1, 0.15) is 76.0 Å². The number of benzene rings is 2. The zero-order valence-corrected chi connectivity index (χ0v) is 22.8. The number of aryl methyl sites for hydroxylation is 1. The molecule has 2 aromatic heterocycles. The number of aromatic amines is 1. The van der Waals surface area contributed by atoms with Crippen molar-refractivity contribution in [1.82, 2.24) is 30.1 Å². The number of hydrogen-bond acceptors (Lipinski definition) is 6. The predicted molar refractivity (Wildman–Crippen MR) is 147 cm³/mol. The van der Waals surface area contributed by atoms with Crippen molar-refractivity contribution in [2.45, 2.75) is 78.6 Å². The summed E-state index contributed by atoms with van der Waals surface area (Å²) in [6.07, 6.45) is 2.63. The first-order valence-corrected chi connectivity index (χ1v) is 13.1. The van der Waals surface area contributed by atoms with Gasteiger partial charge in [-0.3, -0.25) is 9.69 Å². The quantitative estimate of drug-likeness (QED) is 0.296. The summed E-state index contributed by atoms with van der Waals surface area (Å²) in [5.74, 6) is 1.63. The lowest BCUT2D eigenvalue weighted by Crippen LogP contribution is -2.36. The van der Waals surface area contributed by atoms with Gasteiger partial charge in [-0.2, -0.15) is 0 Å². The lowest BCUT2D eigenvalue weighted by atomic mass is 10.0. The number of pyridine rings is 1. The van der Waals surface area contributed by atoms with Crippen LogP contribution in [0.25, 0.3) is 10.9 Å². The molecule has 2 aromatic carbocycles. The van der Waals surface area contributed by atoms with Gasteiger partial charge in [-0.1, -0.05) is 39.0 Å². The van der Waals surface area contributed by atoms with Gasteiger partial charge in [0.2, 0.25) is 0 Å². The minimum Gasteiger partial charge on any atom is -0.497 e. The van der Waals surface area contributed by atoms with Gasteiger partial charge in [0.1, 0.15) is 5.75 Å². The maximum Gasteiger partial charge on any atom is 0.252 e. The van der Waals surface area contributed by atoms with Crippen molar-refractivity contribution in [3.8, 4) is 5.75 Å². The molecule has 0 spiro atoms. The van der Waals surface area contributed by atoms with Gasteiger partial charge < -0.3 is 9.72 Å². The molecule has 0 aliphatic carbocycles. The van der Waals surface area contributed by atoms with Crippen molar-refractivity contribution in [1.29, 1.82) is 0 Å². The SMILES string of the molecule is CCc1ccc2[nH]c(=O)c(CN(Cc3ccc(OC)cc3)[C@@H](CC)c3nnnn3C(C)(C)CC)cc2c1. The molecule has 2 heterocycles. The van der Waals surface area contributed by atoms with E-state index in [0.717, 1.165) is 52.9 Å². The largest absolute Gasteiger partial charge is 0.497 e. The standard InChI is InChI=1S/C29H38N6O2/c1-7-20-12-15-25-22(16-20)17-23(28(36)30-25)19-34(18-21-10-13-24(37-6)14-11-21)26(8-2)27-31-32-33-35(27)29(4,5)9-3/h10-17,26H,7-9,18-19H2,1-6H3,(H,30,36)/t26-/m0/s1. The Kier molecular flexibility index (Phi) is 8.07. The van der Waals surface area contributed by atoms with Crippen LogP contribution in [0.4, 0.5) is 0 Å². The molecule has 1 N–H and O–H groups in total. The average Bonchev–Trinajstić information content (AvgIpc) is 3.40. The Balaban J connectivity index is 1.77. The van der Waals surface area contributed by atoms with Crippen molar-refractivity contribution < 1.29 is 4.74 Å². The molecule has 0 aliphatic heterocycles. The second-order valence-corrected chi connectivity index (χ2v) is 10.2. The summed E-state index contributed by atoms with van der Waals surface area (Å²) < 4.78 is 7.29. The molecule has 0 fully saturated rings. The highest BCUT2D eigenvalue weighted by molar-refractivity contribution is 5.79. The van der Waals surface area contributed by atoms with E-state index in [9.17, 15) is 4.79 Å². The molecule has 8 nitrogen and oxygen atoms in total. The number of rotatable bonds is 11. The fraction of sp³-hybridized carbons (Fsp3) is 0.448. The van der Waals surface area contributed by atoms with Crippen molar-refractivity contribution in [2.24, 2.45) is 0 Å². The van der Waals surface area contributed by atoms with Crippen LogP contribution in [0, 0.1) is 0 Å². The van der Waals surface area contributed by atoms with E-state index in [2.05, 4.69) is 84.3 Å². The van der Waals surface area contributed by atoms with E-state index in [1.165, 1.54) is 5.56 Å². The molecule has 0 saturated heterocycles. The van der Waals surface area contributed by atoms with Gasteiger partial charge in [0.25, 0.3) is 5.56 Å². The van der Waals surface area contributed by atoms with Crippen molar-refractivity contribution in [2.75, 3.05) is 7.11 Å². The summed E-state index contributed by atoms with van der Waals surface area (Å²) in [5, 5.41) is 13.9. The number of aromatic nitrogens is 5.